The van der Waals surface area contributed by atoms with Crippen molar-refractivity contribution in [2.75, 3.05) is 14.2 Å². The van der Waals surface area contributed by atoms with Gasteiger partial charge in [-0.05, 0) is 54.9 Å². The zero-order valence-electron chi connectivity index (χ0n) is 15.5. The number of ether oxygens (including phenoxy) is 2. The third kappa shape index (κ3) is 3.78. The summed E-state index contributed by atoms with van der Waals surface area (Å²) in [6.07, 6.45) is 5.47. The van der Waals surface area contributed by atoms with Crippen LogP contribution in [0, 0.1) is 17.3 Å². The molecule has 0 spiro atoms. The molecule has 26 heavy (non-hydrogen) atoms. The van der Waals surface area contributed by atoms with Gasteiger partial charge in [0.05, 0.1) is 14.2 Å². The van der Waals surface area contributed by atoms with Gasteiger partial charge in [-0.2, -0.15) is 0 Å². The summed E-state index contributed by atoms with van der Waals surface area (Å²) in [6.45, 7) is 3.83. The lowest BCUT2D eigenvalue weighted by atomic mass is 9.86. The Labute approximate surface area is 154 Å². The summed E-state index contributed by atoms with van der Waals surface area (Å²) in [5, 5.41) is 0. The molecule has 1 aliphatic carbocycles. The number of carbonyl (C=O) groups excluding carboxylic acids is 2. The van der Waals surface area contributed by atoms with E-state index in [1.54, 1.807) is 12.2 Å². The molecule has 0 fully saturated rings. The van der Waals surface area contributed by atoms with E-state index < -0.39 is 17.4 Å². The predicted octanol–water partition coefficient (Wildman–Crippen LogP) is 3.59. The molecule has 0 saturated heterocycles. The van der Waals surface area contributed by atoms with Crippen LogP contribution in [-0.2, 0) is 19.1 Å². The van der Waals surface area contributed by atoms with E-state index >= 15 is 0 Å². The zero-order valence-corrected chi connectivity index (χ0v) is 15.5. The third-order valence-corrected chi connectivity index (χ3v) is 4.40. The number of allylic oxidation sites excluding steroid dienone is 5. The van der Waals surface area contributed by atoms with Gasteiger partial charge in [0.15, 0.2) is 5.41 Å². The van der Waals surface area contributed by atoms with Crippen LogP contribution in [0.4, 0.5) is 0 Å². The van der Waals surface area contributed by atoms with Crippen LogP contribution in [0.5, 0.6) is 0 Å². The molecule has 134 valence electrons. The van der Waals surface area contributed by atoms with Gasteiger partial charge in [-0.1, -0.05) is 36.1 Å². The molecular formula is C22H22O4. The summed E-state index contributed by atoms with van der Waals surface area (Å²) >= 11 is 0. The second-order valence-electron chi connectivity index (χ2n) is 5.97. The lowest BCUT2D eigenvalue weighted by Crippen LogP contribution is -2.38. The Morgan fingerprint density at radius 2 is 1.73 bits per heavy atom. The van der Waals surface area contributed by atoms with Crippen molar-refractivity contribution in [2.24, 2.45) is 5.41 Å². The lowest BCUT2D eigenvalue weighted by Gasteiger charge is -2.20. The largest absolute Gasteiger partial charge is 0.468 e. The first-order chi connectivity index (χ1) is 12.5. The number of rotatable bonds is 3. The summed E-state index contributed by atoms with van der Waals surface area (Å²) in [7, 11) is 2.53. The smallest absolute Gasteiger partial charge is 0.327 e. The van der Waals surface area contributed by atoms with Crippen LogP contribution in [0.2, 0.25) is 0 Å². The molecule has 0 N–H and O–H groups in total. The molecule has 0 aliphatic heterocycles. The van der Waals surface area contributed by atoms with E-state index in [9.17, 15) is 9.59 Å². The van der Waals surface area contributed by atoms with E-state index in [-0.39, 0.29) is 6.42 Å². The van der Waals surface area contributed by atoms with Gasteiger partial charge in [0.2, 0.25) is 0 Å². The minimum atomic E-state index is -1.47. The Kier molecular flexibility index (Phi) is 6.19. The van der Waals surface area contributed by atoms with Crippen LogP contribution in [-0.4, -0.2) is 26.2 Å². The van der Waals surface area contributed by atoms with Crippen molar-refractivity contribution in [2.45, 2.75) is 20.3 Å². The summed E-state index contributed by atoms with van der Waals surface area (Å²) in [4.78, 5) is 24.8. The molecule has 1 aromatic carbocycles. The number of carbonyl (C=O) groups is 2. The minimum absolute atomic E-state index is 0.163. The van der Waals surface area contributed by atoms with Crippen molar-refractivity contribution in [3.63, 3.8) is 0 Å². The summed E-state index contributed by atoms with van der Waals surface area (Å²) in [6, 6.07) is 9.60. The monoisotopic (exact) mass is 350 g/mol. The average molecular weight is 350 g/mol. The predicted molar refractivity (Wildman–Crippen MR) is 100.0 cm³/mol. The highest BCUT2D eigenvalue weighted by molar-refractivity contribution is 6.04. The van der Waals surface area contributed by atoms with Gasteiger partial charge in [0, 0.05) is 12.0 Å². The highest BCUT2D eigenvalue weighted by atomic mass is 16.5. The zero-order chi connectivity index (χ0) is 19.2. The van der Waals surface area contributed by atoms with E-state index in [1.165, 1.54) is 14.2 Å². The van der Waals surface area contributed by atoms with E-state index in [2.05, 4.69) is 11.8 Å². The lowest BCUT2D eigenvalue weighted by molar-refractivity contribution is -0.164. The fraction of sp³-hybridized carbons (Fsp3) is 0.273. The molecule has 0 radical (unpaired) electrons. The molecule has 0 heterocycles. The summed E-state index contributed by atoms with van der Waals surface area (Å²) in [5.41, 5.74) is 1.99. The van der Waals surface area contributed by atoms with Crippen LogP contribution >= 0.6 is 0 Å². The Hall–Kier alpha value is -3.06. The molecule has 0 atom stereocenters. The van der Waals surface area contributed by atoms with Crippen molar-refractivity contribution in [1.82, 2.24) is 0 Å². The molecule has 0 aromatic heterocycles. The van der Waals surface area contributed by atoms with Crippen LogP contribution in [0.3, 0.4) is 0 Å². The van der Waals surface area contributed by atoms with Crippen molar-refractivity contribution in [3.8, 4) is 11.8 Å². The van der Waals surface area contributed by atoms with E-state index in [4.69, 9.17) is 9.47 Å². The molecule has 4 heteroatoms. The first-order valence-corrected chi connectivity index (χ1v) is 8.27. The maximum Gasteiger partial charge on any atom is 0.327 e. The van der Waals surface area contributed by atoms with Gasteiger partial charge >= 0.3 is 11.9 Å². The van der Waals surface area contributed by atoms with Gasteiger partial charge in [0.25, 0.3) is 0 Å². The number of hydrogen-bond donors (Lipinski definition) is 0. The second kappa shape index (κ2) is 8.35. The highest BCUT2D eigenvalue weighted by Crippen LogP contribution is 2.44. The number of methoxy groups -OCH3 is 2. The minimum Gasteiger partial charge on any atom is -0.468 e. The van der Waals surface area contributed by atoms with E-state index in [0.29, 0.717) is 0 Å². The molecule has 0 bridgehead atoms. The van der Waals surface area contributed by atoms with Crippen LogP contribution in [0.15, 0.2) is 65.3 Å². The second-order valence-corrected chi connectivity index (χ2v) is 5.97. The molecule has 1 aliphatic rings. The maximum absolute atomic E-state index is 12.4. The fourth-order valence-electron chi connectivity index (χ4n) is 2.87. The van der Waals surface area contributed by atoms with Gasteiger partial charge in [0.1, 0.15) is 0 Å². The van der Waals surface area contributed by atoms with Crippen molar-refractivity contribution in [3.05, 3.63) is 70.8 Å². The Morgan fingerprint density at radius 1 is 1.12 bits per heavy atom. The fourth-order valence-corrected chi connectivity index (χ4v) is 2.87. The van der Waals surface area contributed by atoms with Gasteiger partial charge in [-0.15, -0.1) is 0 Å². The molecule has 1 aromatic rings. The van der Waals surface area contributed by atoms with Crippen LogP contribution in [0.1, 0.15) is 25.8 Å². The first kappa shape index (κ1) is 19.3. The summed E-state index contributed by atoms with van der Waals surface area (Å²) < 4.78 is 9.75. The van der Waals surface area contributed by atoms with Crippen molar-refractivity contribution in [1.29, 1.82) is 0 Å². The maximum atomic E-state index is 12.4. The number of esters is 2. The third-order valence-electron chi connectivity index (χ3n) is 4.40. The van der Waals surface area contributed by atoms with Crippen molar-refractivity contribution < 1.29 is 19.1 Å². The molecule has 0 amide bonds. The molecule has 2 rings (SSSR count). The van der Waals surface area contributed by atoms with Gasteiger partial charge in [-0.25, -0.2) is 0 Å². The highest BCUT2D eigenvalue weighted by Gasteiger charge is 2.51. The van der Waals surface area contributed by atoms with E-state index in [1.807, 2.05) is 50.3 Å². The molecule has 0 unspecified atom stereocenters. The first-order valence-electron chi connectivity index (χ1n) is 8.27. The Balaban J connectivity index is 2.49. The normalized spacial score (nSPS) is 17.2. The van der Waals surface area contributed by atoms with Gasteiger partial charge < -0.3 is 9.47 Å². The Bertz CT molecular complexity index is 829. The topological polar surface area (TPSA) is 52.6 Å². The van der Waals surface area contributed by atoms with E-state index in [0.717, 1.165) is 22.3 Å². The SMILES string of the molecule is C/C=C(\C)C1=CC(C(=O)OC)(C(=O)OC)C/C1=C/C#Cc1ccccc1. The summed E-state index contributed by atoms with van der Waals surface area (Å²) in [5.74, 6) is 4.81. The standard InChI is InChI=1S/C22H22O4/c1-5-16(2)19-15-22(20(23)25-3,21(24)26-4)14-18(19)13-9-12-17-10-7-6-8-11-17/h5-8,10-11,13,15H,14H2,1-4H3/b16-5+,18-13-. The number of benzene rings is 1. The molecule has 4 nitrogen and oxygen atoms in total. The van der Waals surface area contributed by atoms with Crippen molar-refractivity contribution >= 4 is 11.9 Å². The van der Waals surface area contributed by atoms with Crippen LogP contribution in [0.25, 0.3) is 0 Å². The number of hydrogen-bond acceptors (Lipinski definition) is 4. The molecular weight excluding hydrogens is 328 g/mol. The quantitative estimate of drug-likeness (QED) is 0.475. The molecule has 0 saturated carbocycles. The average Bonchev–Trinajstić information content (AvgIpc) is 3.07. The van der Waals surface area contributed by atoms with Gasteiger partial charge in [-0.3, -0.25) is 9.59 Å². The Morgan fingerprint density at radius 3 is 2.27 bits per heavy atom. The van der Waals surface area contributed by atoms with Crippen LogP contribution < -0.4 is 0 Å².